The Labute approximate surface area is 102 Å². The highest BCUT2D eigenvalue weighted by atomic mass is 35.5. The third kappa shape index (κ3) is 2.97. The van der Waals surface area contributed by atoms with E-state index >= 15 is 0 Å². The van der Waals surface area contributed by atoms with E-state index in [9.17, 15) is 0 Å². The zero-order chi connectivity index (χ0) is 11.5. The fraction of sp³-hybridized carbons (Fsp3) is 0.538. The number of hydrogen-bond acceptors (Lipinski definition) is 2. The van der Waals surface area contributed by atoms with Crippen LogP contribution in [0.5, 0.6) is 0 Å². The Kier molecular flexibility index (Phi) is 3.85. The van der Waals surface area contributed by atoms with E-state index in [2.05, 4.69) is 25.2 Å². The summed E-state index contributed by atoms with van der Waals surface area (Å²) < 4.78 is 6.00. The van der Waals surface area contributed by atoms with Crippen molar-refractivity contribution < 1.29 is 4.74 Å². The van der Waals surface area contributed by atoms with Crippen molar-refractivity contribution in [3.8, 4) is 0 Å². The first-order valence-corrected chi connectivity index (χ1v) is 6.17. The molecule has 0 aromatic heterocycles. The van der Waals surface area contributed by atoms with Crippen LogP contribution < -0.4 is 5.32 Å². The van der Waals surface area contributed by atoms with Crippen LogP contribution in [0.1, 0.15) is 31.9 Å². The number of nitrogens with one attached hydrogen (secondary N) is 1. The van der Waals surface area contributed by atoms with Crippen LogP contribution in [0.15, 0.2) is 24.3 Å². The van der Waals surface area contributed by atoms with Crippen LogP contribution in [0.2, 0.25) is 5.02 Å². The maximum Gasteiger partial charge on any atom is 0.0953 e. The van der Waals surface area contributed by atoms with Crippen LogP contribution in [0.3, 0.4) is 0 Å². The van der Waals surface area contributed by atoms with Crippen molar-refractivity contribution in [2.45, 2.75) is 38.5 Å². The molecule has 1 fully saturated rings. The molecule has 1 aliphatic heterocycles. The van der Waals surface area contributed by atoms with Crippen molar-refractivity contribution >= 4 is 11.6 Å². The largest absolute Gasteiger partial charge is 0.369 e. The fourth-order valence-electron chi connectivity index (χ4n) is 2.18. The normalized spacial score (nSPS) is 31.1. The second-order valence-electron chi connectivity index (χ2n) is 4.54. The molecule has 0 radical (unpaired) electrons. The Morgan fingerprint density at radius 3 is 2.94 bits per heavy atom. The van der Waals surface area contributed by atoms with Crippen molar-refractivity contribution in [3.63, 3.8) is 0 Å². The Hall–Kier alpha value is -0.570. The molecule has 2 rings (SSSR count). The minimum Gasteiger partial charge on any atom is -0.369 e. The zero-order valence-electron chi connectivity index (χ0n) is 9.74. The van der Waals surface area contributed by atoms with Crippen LogP contribution in [0.25, 0.3) is 0 Å². The van der Waals surface area contributed by atoms with Gasteiger partial charge in [0, 0.05) is 17.6 Å². The monoisotopic (exact) mass is 239 g/mol. The predicted molar refractivity (Wildman–Crippen MR) is 66.8 cm³/mol. The van der Waals surface area contributed by atoms with Crippen LogP contribution in [-0.4, -0.2) is 18.7 Å². The predicted octanol–water partition coefficient (Wildman–Crippen LogP) is 3.17. The van der Waals surface area contributed by atoms with E-state index in [1.165, 1.54) is 0 Å². The zero-order valence-corrected chi connectivity index (χ0v) is 10.5. The maximum absolute atomic E-state index is 6.00. The lowest BCUT2D eigenvalue weighted by Gasteiger charge is -2.19. The van der Waals surface area contributed by atoms with Gasteiger partial charge in [0.15, 0.2) is 0 Å². The molecule has 3 atom stereocenters. The average Bonchev–Trinajstić information content (AvgIpc) is 2.39. The number of benzene rings is 1. The van der Waals surface area contributed by atoms with Gasteiger partial charge in [0.2, 0.25) is 0 Å². The SMILES string of the molecule is CC1CC(C)OC(c2cccc(Cl)c2)CN1. The van der Waals surface area contributed by atoms with E-state index < -0.39 is 0 Å². The molecule has 88 valence electrons. The molecular weight excluding hydrogens is 222 g/mol. The minimum absolute atomic E-state index is 0.110. The van der Waals surface area contributed by atoms with Crippen molar-refractivity contribution in [2.24, 2.45) is 0 Å². The van der Waals surface area contributed by atoms with Crippen LogP contribution >= 0.6 is 11.6 Å². The summed E-state index contributed by atoms with van der Waals surface area (Å²) in [6.45, 7) is 5.17. The number of hydrogen-bond donors (Lipinski definition) is 1. The van der Waals surface area contributed by atoms with Crippen LogP contribution in [0.4, 0.5) is 0 Å². The van der Waals surface area contributed by atoms with Gasteiger partial charge in [0.1, 0.15) is 0 Å². The van der Waals surface area contributed by atoms with Gasteiger partial charge in [0.05, 0.1) is 12.2 Å². The molecule has 3 unspecified atom stereocenters. The molecule has 3 heteroatoms. The van der Waals surface area contributed by atoms with Gasteiger partial charge in [0.25, 0.3) is 0 Å². The molecule has 0 bridgehead atoms. The topological polar surface area (TPSA) is 21.3 Å². The summed E-state index contributed by atoms with van der Waals surface area (Å²) in [5.41, 5.74) is 1.15. The Morgan fingerprint density at radius 2 is 2.19 bits per heavy atom. The van der Waals surface area contributed by atoms with E-state index in [4.69, 9.17) is 16.3 Å². The summed E-state index contributed by atoms with van der Waals surface area (Å²) in [5.74, 6) is 0. The first kappa shape index (κ1) is 11.9. The molecule has 1 aromatic rings. The molecule has 1 heterocycles. The number of rotatable bonds is 1. The molecule has 0 aliphatic carbocycles. The van der Waals surface area contributed by atoms with E-state index in [0.717, 1.165) is 23.6 Å². The lowest BCUT2D eigenvalue weighted by molar-refractivity contribution is 0.00718. The molecule has 16 heavy (non-hydrogen) atoms. The van der Waals surface area contributed by atoms with Crippen molar-refractivity contribution in [2.75, 3.05) is 6.54 Å². The van der Waals surface area contributed by atoms with Crippen molar-refractivity contribution in [1.82, 2.24) is 5.32 Å². The average molecular weight is 240 g/mol. The second-order valence-corrected chi connectivity index (χ2v) is 4.97. The van der Waals surface area contributed by atoms with Gasteiger partial charge in [-0.25, -0.2) is 0 Å². The molecular formula is C13H18ClNO. The Bertz CT molecular complexity index is 356. The standard InChI is InChI=1S/C13H18ClNO/c1-9-6-10(2)16-13(8-15-9)11-4-3-5-12(14)7-11/h3-5,7,9-10,13,15H,6,8H2,1-2H3. The molecule has 1 aliphatic rings. The summed E-state index contributed by atoms with van der Waals surface area (Å²) in [4.78, 5) is 0. The van der Waals surface area contributed by atoms with Gasteiger partial charge >= 0.3 is 0 Å². The molecule has 0 spiro atoms. The van der Waals surface area contributed by atoms with Gasteiger partial charge in [-0.3, -0.25) is 0 Å². The summed E-state index contributed by atoms with van der Waals surface area (Å²) in [7, 11) is 0. The first-order chi connectivity index (χ1) is 7.65. The van der Waals surface area contributed by atoms with Gasteiger partial charge in [-0.05, 0) is 38.0 Å². The highest BCUT2D eigenvalue weighted by Gasteiger charge is 2.22. The second kappa shape index (κ2) is 5.17. The molecule has 2 nitrogen and oxygen atoms in total. The lowest BCUT2D eigenvalue weighted by atomic mass is 10.1. The van der Waals surface area contributed by atoms with Gasteiger partial charge in [-0.15, -0.1) is 0 Å². The third-order valence-electron chi connectivity index (χ3n) is 2.95. The van der Waals surface area contributed by atoms with E-state index in [1.54, 1.807) is 0 Å². The van der Waals surface area contributed by atoms with Crippen LogP contribution in [-0.2, 0) is 4.74 Å². The number of ether oxygens (including phenoxy) is 1. The van der Waals surface area contributed by atoms with E-state index in [-0.39, 0.29) is 12.2 Å². The smallest absolute Gasteiger partial charge is 0.0953 e. The van der Waals surface area contributed by atoms with Gasteiger partial charge < -0.3 is 10.1 Å². The summed E-state index contributed by atoms with van der Waals surface area (Å²) in [6.07, 6.45) is 1.45. The Morgan fingerprint density at radius 1 is 1.38 bits per heavy atom. The van der Waals surface area contributed by atoms with Crippen LogP contribution in [0, 0.1) is 0 Å². The van der Waals surface area contributed by atoms with E-state index in [1.807, 2.05) is 18.2 Å². The quantitative estimate of drug-likeness (QED) is 0.813. The number of halogens is 1. The lowest BCUT2D eigenvalue weighted by Crippen LogP contribution is -2.27. The summed E-state index contributed by atoms with van der Waals surface area (Å²) in [6, 6.07) is 8.43. The van der Waals surface area contributed by atoms with Crippen molar-refractivity contribution in [1.29, 1.82) is 0 Å². The third-order valence-corrected chi connectivity index (χ3v) is 3.19. The highest BCUT2D eigenvalue weighted by molar-refractivity contribution is 6.30. The molecule has 1 N–H and O–H groups in total. The summed E-state index contributed by atoms with van der Waals surface area (Å²) in [5, 5.41) is 4.24. The van der Waals surface area contributed by atoms with Gasteiger partial charge in [-0.2, -0.15) is 0 Å². The minimum atomic E-state index is 0.110. The van der Waals surface area contributed by atoms with Crippen molar-refractivity contribution in [3.05, 3.63) is 34.9 Å². The fourth-order valence-corrected chi connectivity index (χ4v) is 2.38. The maximum atomic E-state index is 6.00. The van der Waals surface area contributed by atoms with E-state index in [0.29, 0.717) is 6.04 Å². The summed E-state index contributed by atoms with van der Waals surface area (Å²) >= 11 is 5.99. The molecule has 0 amide bonds. The molecule has 1 saturated heterocycles. The van der Waals surface area contributed by atoms with Gasteiger partial charge in [-0.1, -0.05) is 23.7 Å². The highest BCUT2D eigenvalue weighted by Crippen LogP contribution is 2.25. The molecule has 0 saturated carbocycles. The first-order valence-electron chi connectivity index (χ1n) is 5.79. The Balaban J connectivity index is 2.14. The molecule has 1 aromatic carbocycles.